The molecule has 0 saturated heterocycles. The van der Waals surface area contributed by atoms with Crippen molar-refractivity contribution in [3.05, 3.63) is 34.9 Å². The third-order valence-electron chi connectivity index (χ3n) is 4.45. The molecular formula is C18H26Cl2N2O2S. The number of hydrogen-bond donors (Lipinski definition) is 2. The molecule has 0 spiro atoms. The lowest BCUT2D eigenvalue weighted by Gasteiger charge is -2.30. The van der Waals surface area contributed by atoms with Gasteiger partial charge in [0.05, 0.1) is 11.5 Å². The number of rotatable bonds is 8. The molecule has 1 unspecified atom stereocenters. The molecule has 0 radical (unpaired) electrons. The molecular weight excluding hydrogens is 379 g/mol. The van der Waals surface area contributed by atoms with Crippen molar-refractivity contribution in [2.24, 2.45) is 11.7 Å². The van der Waals surface area contributed by atoms with Crippen LogP contribution in [-0.4, -0.2) is 35.8 Å². The van der Waals surface area contributed by atoms with Gasteiger partial charge in [0.1, 0.15) is 0 Å². The Bertz CT molecular complexity index is 549. The molecule has 0 bridgehead atoms. The molecule has 1 saturated carbocycles. The van der Waals surface area contributed by atoms with E-state index < -0.39 is 0 Å². The maximum absolute atomic E-state index is 12.1. The van der Waals surface area contributed by atoms with E-state index in [9.17, 15) is 9.59 Å². The molecule has 0 aliphatic heterocycles. The fourth-order valence-corrected chi connectivity index (χ4v) is 3.96. The third kappa shape index (κ3) is 7.57. The number of thioether (sulfide) groups is 1. The van der Waals surface area contributed by atoms with Gasteiger partial charge in [0.25, 0.3) is 0 Å². The molecule has 0 aromatic heterocycles. The van der Waals surface area contributed by atoms with Gasteiger partial charge in [-0.05, 0) is 43.0 Å². The van der Waals surface area contributed by atoms with E-state index in [4.69, 9.17) is 17.3 Å². The molecule has 1 aliphatic rings. The lowest BCUT2D eigenvalue weighted by atomic mass is 9.84. The second-order valence-electron chi connectivity index (χ2n) is 6.23. The zero-order valence-corrected chi connectivity index (χ0v) is 16.6. The van der Waals surface area contributed by atoms with Gasteiger partial charge in [-0.15, -0.1) is 24.2 Å². The van der Waals surface area contributed by atoms with Crippen molar-refractivity contribution in [2.75, 3.05) is 18.1 Å². The number of nitrogens with two attached hydrogens (primary N) is 1. The number of Topliss-reactive ketones (excluding diaryl/α,β-unsaturated/α-hetero) is 1. The molecule has 1 amide bonds. The molecule has 2 rings (SSSR count). The van der Waals surface area contributed by atoms with E-state index in [0.717, 1.165) is 12.8 Å². The molecule has 4 nitrogen and oxygen atoms in total. The fourth-order valence-electron chi connectivity index (χ4n) is 3.11. The Morgan fingerprint density at radius 3 is 2.40 bits per heavy atom. The Hall–Kier alpha value is -0.750. The van der Waals surface area contributed by atoms with E-state index in [0.29, 0.717) is 23.0 Å². The van der Waals surface area contributed by atoms with Crippen LogP contribution in [0, 0.1) is 5.92 Å². The smallest absolute Gasteiger partial charge is 0.230 e. The molecule has 1 atom stereocenters. The number of amides is 1. The van der Waals surface area contributed by atoms with Crippen molar-refractivity contribution in [1.82, 2.24) is 5.32 Å². The van der Waals surface area contributed by atoms with Crippen molar-refractivity contribution < 1.29 is 9.59 Å². The predicted molar refractivity (Wildman–Crippen MR) is 108 cm³/mol. The van der Waals surface area contributed by atoms with Crippen LogP contribution in [0.25, 0.3) is 0 Å². The van der Waals surface area contributed by atoms with Gasteiger partial charge < -0.3 is 11.1 Å². The van der Waals surface area contributed by atoms with E-state index in [1.807, 2.05) is 0 Å². The minimum atomic E-state index is -0.0371. The summed E-state index contributed by atoms with van der Waals surface area (Å²) in [5.74, 6) is 1.03. The second kappa shape index (κ2) is 11.8. The molecule has 25 heavy (non-hydrogen) atoms. The topological polar surface area (TPSA) is 72.2 Å². The van der Waals surface area contributed by atoms with Gasteiger partial charge in [-0.3, -0.25) is 9.59 Å². The first-order valence-electron chi connectivity index (χ1n) is 8.46. The maximum atomic E-state index is 12.1. The molecule has 1 aromatic carbocycles. The summed E-state index contributed by atoms with van der Waals surface area (Å²) in [5.41, 5.74) is 6.45. The SMILES string of the molecule is Cl.NCC(NC(=O)CSCC(=O)c1ccc(Cl)cc1)C1CCCCC1. The van der Waals surface area contributed by atoms with Gasteiger partial charge in [0.15, 0.2) is 5.78 Å². The summed E-state index contributed by atoms with van der Waals surface area (Å²) in [6, 6.07) is 6.87. The quantitative estimate of drug-likeness (QED) is 0.647. The van der Waals surface area contributed by atoms with Gasteiger partial charge in [-0.2, -0.15) is 0 Å². The zero-order chi connectivity index (χ0) is 17.4. The summed E-state index contributed by atoms with van der Waals surface area (Å²) >= 11 is 7.14. The van der Waals surface area contributed by atoms with Gasteiger partial charge in [-0.25, -0.2) is 0 Å². The maximum Gasteiger partial charge on any atom is 0.230 e. The van der Waals surface area contributed by atoms with Crippen LogP contribution in [0.3, 0.4) is 0 Å². The Labute approximate surface area is 165 Å². The van der Waals surface area contributed by atoms with Crippen LogP contribution in [0.15, 0.2) is 24.3 Å². The summed E-state index contributed by atoms with van der Waals surface area (Å²) < 4.78 is 0. The summed E-state index contributed by atoms with van der Waals surface area (Å²) in [4.78, 5) is 24.1. The Kier molecular flexibility index (Phi) is 10.5. The van der Waals surface area contributed by atoms with Crippen LogP contribution >= 0.6 is 35.8 Å². The number of halogens is 2. The van der Waals surface area contributed by atoms with Crippen molar-refractivity contribution in [3.63, 3.8) is 0 Å². The number of carbonyl (C=O) groups excluding carboxylic acids is 2. The molecule has 3 N–H and O–H groups in total. The lowest BCUT2D eigenvalue weighted by Crippen LogP contribution is -2.46. The van der Waals surface area contributed by atoms with Crippen LogP contribution < -0.4 is 11.1 Å². The van der Waals surface area contributed by atoms with Crippen LogP contribution in [0.5, 0.6) is 0 Å². The number of nitrogens with one attached hydrogen (secondary N) is 1. The van der Waals surface area contributed by atoms with E-state index in [-0.39, 0.29) is 41.6 Å². The minimum absolute atomic E-state index is 0. The first-order valence-corrected chi connectivity index (χ1v) is 9.99. The predicted octanol–water partition coefficient (Wildman–Crippen LogP) is 3.70. The monoisotopic (exact) mass is 404 g/mol. The zero-order valence-electron chi connectivity index (χ0n) is 14.2. The molecule has 1 fully saturated rings. The standard InChI is InChI=1S/C18H25ClN2O2S.ClH/c19-15-8-6-14(7-9-15)17(22)11-24-12-18(23)21-16(10-20)13-4-2-1-3-5-13;/h6-9,13,16H,1-5,10-12,20H2,(H,21,23);1H. The average molecular weight is 405 g/mol. The first kappa shape index (κ1) is 22.3. The van der Waals surface area contributed by atoms with Crippen LogP contribution in [0.2, 0.25) is 5.02 Å². The van der Waals surface area contributed by atoms with Crippen molar-refractivity contribution in [1.29, 1.82) is 0 Å². The molecule has 140 valence electrons. The normalized spacial score (nSPS) is 15.9. The number of ketones is 1. The molecule has 7 heteroatoms. The number of carbonyl (C=O) groups is 2. The molecule has 0 heterocycles. The summed E-state index contributed by atoms with van der Waals surface area (Å²) in [7, 11) is 0. The Balaban J connectivity index is 0.00000312. The lowest BCUT2D eigenvalue weighted by molar-refractivity contribution is -0.119. The van der Waals surface area contributed by atoms with Crippen molar-refractivity contribution in [2.45, 2.75) is 38.1 Å². The van der Waals surface area contributed by atoms with E-state index in [2.05, 4.69) is 5.32 Å². The van der Waals surface area contributed by atoms with Crippen molar-refractivity contribution >= 4 is 47.5 Å². The van der Waals surface area contributed by atoms with Gasteiger partial charge >= 0.3 is 0 Å². The summed E-state index contributed by atoms with van der Waals surface area (Å²) in [6.45, 7) is 0.477. The second-order valence-corrected chi connectivity index (χ2v) is 7.65. The minimum Gasteiger partial charge on any atom is -0.351 e. The van der Waals surface area contributed by atoms with Crippen LogP contribution in [0.4, 0.5) is 0 Å². The highest BCUT2D eigenvalue weighted by Gasteiger charge is 2.23. The highest BCUT2D eigenvalue weighted by Crippen LogP contribution is 2.26. The fraction of sp³-hybridized carbons (Fsp3) is 0.556. The first-order chi connectivity index (χ1) is 11.6. The molecule has 1 aromatic rings. The largest absolute Gasteiger partial charge is 0.351 e. The third-order valence-corrected chi connectivity index (χ3v) is 5.64. The van der Waals surface area contributed by atoms with Gasteiger partial charge in [0, 0.05) is 23.2 Å². The van der Waals surface area contributed by atoms with Crippen molar-refractivity contribution in [3.8, 4) is 0 Å². The average Bonchev–Trinajstić information content (AvgIpc) is 2.61. The highest BCUT2D eigenvalue weighted by molar-refractivity contribution is 8.00. The Morgan fingerprint density at radius 1 is 1.16 bits per heavy atom. The Morgan fingerprint density at radius 2 is 1.80 bits per heavy atom. The summed E-state index contributed by atoms with van der Waals surface area (Å²) in [6.07, 6.45) is 6.02. The van der Waals surface area contributed by atoms with E-state index in [1.165, 1.54) is 31.0 Å². The summed E-state index contributed by atoms with van der Waals surface area (Å²) in [5, 5.41) is 3.65. The molecule has 1 aliphatic carbocycles. The van der Waals surface area contributed by atoms with Gasteiger partial charge in [-0.1, -0.05) is 30.9 Å². The van der Waals surface area contributed by atoms with E-state index in [1.54, 1.807) is 24.3 Å². The highest BCUT2D eigenvalue weighted by atomic mass is 35.5. The number of benzene rings is 1. The van der Waals surface area contributed by atoms with E-state index >= 15 is 0 Å². The number of hydrogen-bond acceptors (Lipinski definition) is 4. The van der Waals surface area contributed by atoms with Crippen LogP contribution in [0.1, 0.15) is 42.5 Å². The van der Waals surface area contributed by atoms with Gasteiger partial charge in [0.2, 0.25) is 5.91 Å². The van der Waals surface area contributed by atoms with Crippen LogP contribution in [-0.2, 0) is 4.79 Å².